The summed E-state index contributed by atoms with van der Waals surface area (Å²) in [5.41, 5.74) is 2.31. The first kappa shape index (κ1) is 28.5. The molecule has 0 saturated heterocycles. The molecule has 1 aromatic carbocycles. The fourth-order valence-electron chi connectivity index (χ4n) is 6.73. The molecule has 4 aliphatic rings. The molecule has 0 aromatic heterocycles. The number of carbonyl (C=O) groups is 3. The van der Waals surface area contributed by atoms with Crippen LogP contribution in [0.15, 0.2) is 28.7 Å². The standard InChI is InChI=1S/C28H33ClFN3O7/c1-32(2)22-16-8-13-7-15-19(17(34)9-14(21(15)29)11-33(6-5-30)10-12-3-4-12)23(35)18(13)25(37)28(16,40)26(38)20(24(22)36)27(31)39/h9,12-13,16,22,34,36-37,40H,3-8,10-11H2,1-2H3,(H2,31,39)/t13-,16-,22-,28?/m0/s1. The van der Waals surface area contributed by atoms with Crippen molar-refractivity contribution in [1.82, 2.24) is 9.80 Å². The van der Waals surface area contributed by atoms with Crippen molar-refractivity contribution in [3.63, 3.8) is 0 Å². The highest BCUT2D eigenvalue weighted by molar-refractivity contribution is 6.33. The number of likely N-dealkylation sites (N-methyl/N-ethyl adjacent to an activating group) is 1. The predicted octanol–water partition coefficient (Wildman–Crippen LogP) is 1.96. The van der Waals surface area contributed by atoms with Crippen LogP contribution in [-0.2, 0) is 22.6 Å². The Labute approximate surface area is 235 Å². The van der Waals surface area contributed by atoms with Gasteiger partial charge in [0.15, 0.2) is 11.4 Å². The smallest absolute Gasteiger partial charge is 0.255 e. The van der Waals surface area contributed by atoms with E-state index in [0.29, 0.717) is 23.6 Å². The van der Waals surface area contributed by atoms with Gasteiger partial charge in [-0.3, -0.25) is 24.2 Å². The molecule has 216 valence electrons. The quantitative estimate of drug-likeness (QED) is 0.290. The summed E-state index contributed by atoms with van der Waals surface area (Å²) < 4.78 is 13.2. The number of rotatable bonds is 8. The molecule has 0 radical (unpaired) electrons. The summed E-state index contributed by atoms with van der Waals surface area (Å²) in [5.74, 6) is -6.63. The van der Waals surface area contributed by atoms with Gasteiger partial charge in [0.05, 0.1) is 11.6 Å². The van der Waals surface area contributed by atoms with E-state index in [9.17, 15) is 39.2 Å². The Balaban J connectivity index is 1.59. The van der Waals surface area contributed by atoms with Crippen LogP contribution in [-0.4, -0.2) is 93.2 Å². The van der Waals surface area contributed by atoms with Gasteiger partial charge in [0.1, 0.15) is 29.5 Å². The Morgan fingerprint density at radius 2 is 1.90 bits per heavy atom. The van der Waals surface area contributed by atoms with Crippen molar-refractivity contribution in [2.24, 2.45) is 23.5 Å². The Morgan fingerprint density at radius 1 is 1.23 bits per heavy atom. The molecule has 0 bridgehead atoms. The van der Waals surface area contributed by atoms with Crippen LogP contribution in [0.25, 0.3) is 0 Å². The van der Waals surface area contributed by atoms with Crippen LogP contribution in [0, 0.1) is 17.8 Å². The maximum absolute atomic E-state index is 13.8. The molecule has 40 heavy (non-hydrogen) atoms. The maximum atomic E-state index is 13.8. The average molecular weight is 578 g/mol. The van der Waals surface area contributed by atoms with Crippen molar-refractivity contribution in [2.75, 3.05) is 33.9 Å². The highest BCUT2D eigenvalue weighted by Crippen LogP contribution is 2.53. The molecule has 0 heterocycles. The number of aromatic hydroxyl groups is 1. The predicted molar refractivity (Wildman–Crippen MR) is 143 cm³/mol. The summed E-state index contributed by atoms with van der Waals surface area (Å²) in [4.78, 5) is 42.6. The Bertz CT molecular complexity index is 1370. The molecule has 0 spiro atoms. The van der Waals surface area contributed by atoms with Gasteiger partial charge in [0, 0.05) is 36.1 Å². The van der Waals surface area contributed by atoms with Gasteiger partial charge < -0.3 is 26.2 Å². The zero-order chi connectivity index (χ0) is 29.3. The summed E-state index contributed by atoms with van der Waals surface area (Å²) in [5, 5.41) is 45.1. The molecule has 0 aliphatic heterocycles. The fraction of sp³-hybridized carbons (Fsp3) is 0.536. The van der Waals surface area contributed by atoms with E-state index in [2.05, 4.69) is 0 Å². The van der Waals surface area contributed by atoms with E-state index in [1.165, 1.54) is 11.0 Å². The van der Waals surface area contributed by atoms with E-state index >= 15 is 0 Å². The third-order valence-corrected chi connectivity index (χ3v) is 9.21. The van der Waals surface area contributed by atoms with Gasteiger partial charge in [0.25, 0.3) is 5.91 Å². The number of ketones is 2. The third kappa shape index (κ3) is 4.30. The van der Waals surface area contributed by atoms with Gasteiger partial charge in [-0.25, -0.2) is 4.39 Å². The lowest BCUT2D eigenvalue weighted by atomic mass is 9.58. The molecule has 5 rings (SSSR count). The summed E-state index contributed by atoms with van der Waals surface area (Å²) in [6.45, 7) is 0.646. The summed E-state index contributed by atoms with van der Waals surface area (Å²) in [7, 11) is 3.14. The second-order valence-electron chi connectivity index (χ2n) is 11.6. The number of carbonyl (C=O) groups excluding carboxylic acids is 3. The first-order valence-corrected chi connectivity index (χ1v) is 13.7. The molecule has 1 saturated carbocycles. The summed E-state index contributed by atoms with van der Waals surface area (Å²) in [6.07, 6.45) is 2.23. The van der Waals surface area contributed by atoms with Crippen molar-refractivity contribution < 1.29 is 39.2 Å². The van der Waals surface area contributed by atoms with Crippen LogP contribution in [0.3, 0.4) is 0 Å². The number of hydrogen-bond donors (Lipinski definition) is 5. The van der Waals surface area contributed by atoms with Gasteiger partial charge in [-0.15, -0.1) is 0 Å². The molecule has 4 atom stereocenters. The van der Waals surface area contributed by atoms with Crippen LogP contribution in [0.2, 0.25) is 5.02 Å². The number of nitrogens with two attached hydrogens (primary N) is 1. The zero-order valence-corrected chi connectivity index (χ0v) is 23.0. The van der Waals surface area contributed by atoms with E-state index in [1.807, 2.05) is 4.90 Å². The maximum Gasteiger partial charge on any atom is 0.255 e. The molecule has 6 N–H and O–H groups in total. The van der Waals surface area contributed by atoms with Crippen molar-refractivity contribution in [2.45, 2.75) is 43.9 Å². The van der Waals surface area contributed by atoms with E-state index in [0.717, 1.165) is 12.8 Å². The number of nitrogens with zero attached hydrogens (tertiary/aromatic N) is 2. The van der Waals surface area contributed by atoms with E-state index in [-0.39, 0.29) is 47.8 Å². The van der Waals surface area contributed by atoms with Crippen molar-refractivity contribution in [1.29, 1.82) is 0 Å². The van der Waals surface area contributed by atoms with Gasteiger partial charge in [0.2, 0.25) is 5.78 Å². The van der Waals surface area contributed by atoms with Crippen molar-refractivity contribution >= 4 is 29.1 Å². The number of phenols is 1. The summed E-state index contributed by atoms with van der Waals surface area (Å²) >= 11 is 6.80. The Hall–Kier alpha value is -2.99. The van der Waals surface area contributed by atoms with Crippen LogP contribution in [0.4, 0.5) is 4.39 Å². The highest BCUT2D eigenvalue weighted by Gasteiger charge is 2.63. The van der Waals surface area contributed by atoms with Gasteiger partial charge in [-0.2, -0.15) is 0 Å². The second-order valence-corrected chi connectivity index (χ2v) is 11.9. The van der Waals surface area contributed by atoms with E-state index in [4.69, 9.17) is 17.3 Å². The number of alkyl halides is 1. The number of aliphatic hydroxyl groups is 3. The molecular formula is C28H33ClFN3O7. The number of benzene rings is 1. The number of phenolic OH excluding ortho intramolecular Hbond substituents is 1. The first-order valence-electron chi connectivity index (χ1n) is 13.3. The van der Waals surface area contributed by atoms with Gasteiger partial charge >= 0.3 is 0 Å². The lowest BCUT2D eigenvalue weighted by Gasteiger charge is -2.50. The number of allylic oxidation sites excluding steroid dienone is 1. The van der Waals surface area contributed by atoms with Gasteiger partial charge in [-0.05, 0) is 68.8 Å². The minimum Gasteiger partial charge on any atom is -0.510 e. The first-order chi connectivity index (χ1) is 18.8. The number of hydrogen-bond acceptors (Lipinski definition) is 9. The number of aliphatic hydroxyl groups excluding tert-OH is 2. The van der Waals surface area contributed by atoms with Crippen LogP contribution in [0.1, 0.15) is 40.7 Å². The largest absolute Gasteiger partial charge is 0.510 e. The van der Waals surface area contributed by atoms with Crippen LogP contribution < -0.4 is 5.73 Å². The lowest BCUT2D eigenvalue weighted by Crippen LogP contribution is -2.63. The summed E-state index contributed by atoms with van der Waals surface area (Å²) in [6, 6.07) is 0.284. The Kier molecular flexibility index (Phi) is 7.23. The third-order valence-electron chi connectivity index (χ3n) is 8.74. The number of fused-ring (bicyclic) bond motifs is 3. The van der Waals surface area contributed by atoms with Crippen LogP contribution >= 0.6 is 11.6 Å². The van der Waals surface area contributed by atoms with Crippen molar-refractivity contribution in [3.05, 3.63) is 50.4 Å². The van der Waals surface area contributed by atoms with Crippen LogP contribution in [0.5, 0.6) is 5.75 Å². The molecule has 12 heteroatoms. The molecule has 1 fully saturated rings. The molecule has 1 aromatic rings. The molecule has 4 aliphatic carbocycles. The number of primary amides is 1. The monoisotopic (exact) mass is 577 g/mol. The number of Topliss-reactive ketones (excluding diaryl/α,β-unsaturated/α-hetero) is 2. The van der Waals surface area contributed by atoms with Gasteiger partial charge in [-0.1, -0.05) is 11.6 Å². The second kappa shape index (κ2) is 10.1. The number of halogens is 2. The fourth-order valence-corrected chi connectivity index (χ4v) is 7.02. The molecule has 1 amide bonds. The van der Waals surface area contributed by atoms with E-state index in [1.54, 1.807) is 14.1 Å². The Morgan fingerprint density at radius 3 is 2.48 bits per heavy atom. The minimum atomic E-state index is -2.69. The average Bonchev–Trinajstić information content (AvgIpc) is 3.68. The SMILES string of the molecule is CN(C)[C@@H]1C(O)=C(C(N)=O)C(=O)C2(O)C(O)=C3C(=O)c4c(O)cc(CN(CCF)CC5CC5)c(Cl)c4C[C@H]3C[C@@H]12. The normalized spacial score (nSPS) is 28.2. The molecule has 1 unspecified atom stereocenters. The lowest BCUT2D eigenvalue weighted by molar-refractivity contribution is -0.148. The topological polar surface area (TPSA) is 165 Å². The van der Waals surface area contributed by atoms with E-state index < -0.39 is 64.7 Å². The molecular weight excluding hydrogens is 545 g/mol. The van der Waals surface area contributed by atoms with Crippen molar-refractivity contribution in [3.8, 4) is 5.75 Å². The number of amides is 1. The highest BCUT2D eigenvalue weighted by atomic mass is 35.5. The zero-order valence-electron chi connectivity index (χ0n) is 22.3. The minimum absolute atomic E-state index is 0.0251. The molecule has 10 nitrogen and oxygen atoms in total.